The Kier molecular flexibility index (Phi) is 5.90. The first-order valence-corrected chi connectivity index (χ1v) is 10.9. The van der Waals surface area contributed by atoms with Gasteiger partial charge < -0.3 is 9.84 Å². The van der Waals surface area contributed by atoms with Crippen LogP contribution >= 0.6 is 27.5 Å². The monoisotopic (exact) mass is 534 g/mol. The Balaban J connectivity index is 2.02. The Morgan fingerprint density at radius 1 is 1.24 bits per heavy atom. The van der Waals surface area contributed by atoms with E-state index in [9.17, 15) is 24.4 Å². The lowest BCUT2D eigenvalue weighted by Crippen LogP contribution is -2.44. The van der Waals surface area contributed by atoms with Crippen molar-refractivity contribution in [2.75, 3.05) is 7.11 Å². The molecule has 10 heteroatoms. The van der Waals surface area contributed by atoms with E-state index in [0.717, 1.165) is 17.0 Å². The van der Waals surface area contributed by atoms with E-state index in [-0.39, 0.29) is 28.3 Å². The predicted molar refractivity (Wildman–Crippen MR) is 123 cm³/mol. The van der Waals surface area contributed by atoms with Gasteiger partial charge in [0.25, 0.3) is 11.6 Å². The number of halogens is 3. The number of benzene rings is 3. The van der Waals surface area contributed by atoms with Gasteiger partial charge in [0.2, 0.25) is 5.72 Å². The molecule has 0 saturated carbocycles. The number of carbonyl (C=O) groups is 1. The molecule has 7 nitrogen and oxygen atoms in total. The van der Waals surface area contributed by atoms with Crippen molar-refractivity contribution in [2.45, 2.75) is 19.2 Å². The van der Waals surface area contributed by atoms with Crippen LogP contribution in [0.5, 0.6) is 5.75 Å². The fourth-order valence-electron chi connectivity index (χ4n) is 4.06. The van der Waals surface area contributed by atoms with Crippen molar-refractivity contribution in [1.29, 1.82) is 0 Å². The molecule has 0 aliphatic carbocycles. The summed E-state index contributed by atoms with van der Waals surface area (Å²) in [4.78, 5) is 26.0. The van der Waals surface area contributed by atoms with Crippen molar-refractivity contribution >= 4 is 39.1 Å². The van der Waals surface area contributed by atoms with Crippen LogP contribution in [0.3, 0.4) is 0 Å². The van der Waals surface area contributed by atoms with Gasteiger partial charge in [-0.2, -0.15) is 0 Å². The Morgan fingerprint density at radius 2 is 1.91 bits per heavy atom. The number of amides is 1. The first-order chi connectivity index (χ1) is 15.6. The summed E-state index contributed by atoms with van der Waals surface area (Å²) >= 11 is 9.59. The van der Waals surface area contributed by atoms with Crippen LogP contribution < -0.4 is 4.74 Å². The molecular formula is C23H17BrClFN2O5. The number of methoxy groups -OCH3 is 1. The molecule has 0 radical (unpaired) electrons. The zero-order valence-electron chi connectivity index (χ0n) is 17.4. The van der Waals surface area contributed by atoms with Gasteiger partial charge in [-0.25, -0.2) is 4.39 Å². The van der Waals surface area contributed by atoms with Gasteiger partial charge in [-0.15, -0.1) is 0 Å². The number of nitro groups is 1. The van der Waals surface area contributed by atoms with Crippen LogP contribution in [-0.4, -0.2) is 27.9 Å². The number of nitro benzene ring substituents is 1. The van der Waals surface area contributed by atoms with Crippen molar-refractivity contribution in [3.63, 3.8) is 0 Å². The number of hydrogen-bond acceptors (Lipinski definition) is 5. The van der Waals surface area contributed by atoms with Gasteiger partial charge in [0.15, 0.2) is 0 Å². The minimum absolute atomic E-state index is 0.0348. The molecule has 0 spiro atoms. The van der Waals surface area contributed by atoms with E-state index in [4.69, 9.17) is 16.3 Å². The molecule has 170 valence electrons. The van der Waals surface area contributed by atoms with E-state index in [2.05, 4.69) is 15.9 Å². The van der Waals surface area contributed by atoms with E-state index >= 15 is 0 Å². The fourth-order valence-corrected chi connectivity index (χ4v) is 4.73. The maximum atomic E-state index is 14.3. The van der Waals surface area contributed by atoms with E-state index < -0.39 is 28.1 Å². The molecule has 3 aromatic rings. The molecule has 1 amide bonds. The van der Waals surface area contributed by atoms with Crippen LogP contribution in [0.25, 0.3) is 0 Å². The largest absolute Gasteiger partial charge is 0.497 e. The van der Waals surface area contributed by atoms with E-state index in [0.29, 0.717) is 21.3 Å². The summed E-state index contributed by atoms with van der Waals surface area (Å²) in [7, 11) is 1.51. The summed E-state index contributed by atoms with van der Waals surface area (Å²) in [6.45, 7) is 1.48. The van der Waals surface area contributed by atoms with Gasteiger partial charge in [-0.1, -0.05) is 39.7 Å². The first-order valence-electron chi connectivity index (χ1n) is 9.70. The van der Waals surface area contributed by atoms with Gasteiger partial charge in [0, 0.05) is 27.7 Å². The number of hydrogen-bond donors (Lipinski definition) is 1. The summed E-state index contributed by atoms with van der Waals surface area (Å²) in [6.07, 6.45) is 0. The highest BCUT2D eigenvalue weighted by Crippen LogP contribution is 2.51. The Labute approximate surface area is 201 Å². The molecule has 1 aliphatic rings. The van der Waals surface area contributed by atoms with Crippen LogP contribution in [0.15, 0.2) is 53.0 Å². The normalized spacial score (nSPS) is 17.3. The summed E-state index contributed by atoms with van der Waals surface area (Å²) in [6, 6.07) is 11.3. The lowest BCUT2D eigenvalue weighted by molar-refractivity contribution is -0.386. The van der Waals surface area contributed by atoms with Crippen molar-refractivity contribution < 1.29 is 24.0 Å². The summed E-state index contributed by atoms with van der Waals surface area (Å²) in [5, 5.41) is 24.0. The highest BCUT2D eigenvalue weighted by atomic mass is 79.9. The third-order valence-electron chi connectivity index (χ3n) is 5.70. The average Bonchev–Trinajstić information content (AvgIpc) is 3.01. The molecule has 4 rings (SSSR count). The molecule has 33 heavy (non-hydrogen) atoms. The first kappa shape index (κ1) is 23.2. The van der Waals surface area contributed by atoms with E-state index in [1.54, 1.807) is 31.2 Å². The van der Waals surface area contributed by atoms with Crippen LogP contribution in [-0.2, 0) is 12.3 Å². The highest BCUT2D eigenvalue weighted by molar-refractivity contribution is 9.10. The number of carbonyl (C=O) groups excluding carboxylic acids is 1. The topological polar surface area (TPSA) is 92.9 Å². The Morgan fingerprint density at radius 3 is 2.52 bits per heavy atom. The fraction of sp³-hybridized carbons (Fsp3) is 0.174. The Bertz CT molecular complexity index is 1300. The number of aliphatic hydroxyl groups is 1. The molecular weight excluding hydrogens is 519 g/mol. The lowest BCUT2D eigenvalue weighted by Gasteiger charge is -2.35. The van der Waals surface area contributed by atoms with Crippen LogP contribution in [0, 0.1) is 22.9 Å². The highest BCUT2D eigenvalue weighted by Gasteiger charge is 2.55. The van der Waals surface area contributed by atoms with E-state index in [1.807, 2.05) is 0 Å². The second-order valence-electron chi connectivity index (χ2n) is 7.55. The van der Waals surface area contributed by atoms with Gasteiger partial charge >= 0.3 is 0 Å². The molecule has 1 unspecified atom stereocenters. The van der Waals surface area contributed by atoms with Crippen LogP contribution in [0.4, 0.5) is 10.1 Å². The minimum atomic E-state index is -2.39. The maximum absolute atomic E-state index is 14.3. The molecule has 1 heterocycles. The van der Waals surface area contributed by atoms with Crippen molar-refractivity contribution in [3.05, 3.63) is 102 Å². The molecule has 0 saturated heterocycles. The van der Waals surface area contributed by atoms with Crippen molar-refractivity contribution in [2.24, 2.45) is 0 Å². The van der Waals surface area contributed by atoms with Crippen molar-refractivity contribution in [3.8, 4) is 5.75 Å². The Hall–Kier alpha value is -3.01. The quantitative estimate of drug-likeness (QED) is 0.353. The zero-order valence-corrected chi connectivity index (χ0v) is 19.8. The molecule has 3 aromatic carbocycles. The molecule has 1 N–H and O–H groups in total. The number of ether oxygens (including phenoxy) is 1. The summed E-state index contributed by atoms with van der Waals surface area (Å²) in [5.74, 6) is -0.774. The second-order valence-corrected chi connectivity index (χ2v) is 8.81. The SMILES string of the molecule is COc1ccc(CN2C(=O)c3c(C)c(Br)cc([N+](=O)[O-])c3C2(O)c2cc(F)ccc2Cl)cc1. The van der Waals surface area contributed by atoms with Crippen LogP contribution in [0.2, 0.25) is 5.02 Å². The minimum Gasteiger partial charge on any atom is -0.497 e. The molecule has 1 aliphatic heterocycles. The number of fused-ring (bicyclic) bond motifs is 1. The lowest BCUT2D eigenvalue weighted by atomic mass is 9.90. The summed E-state index contributed by atoms with van der Waals surface area (Å²) < 4.78 is 19.7. The smallest absolute Gasteiger partial charge is 0.279 e. The zero-order chi connectivity index (χ0) is 24.1. The third kappa shape index (κ3) is 3.66. The van der Waals surface area contributed by atoms with Gasteiger partial charge in [-0.05, 0) is 48.4 Å². The molecule has 0 aromatic heterocycles. The maximum Gasteiger partial charge on any atom is 0.279 e. The molecule has 0 bridgehead atoms. The average molecular weight is 536 g/mol. The van der Waals surface area contributed by atoms with Crippen LogP contribution in [0.1, 0.15) is 32.6 Å². The van der Waals surface area contributed by atoms with Gasteiger partial charge in [0.05, 0.1) is 23.2 Å². The number of nitrogens with zero attached hydrogens (tertiary/aromatic N) is 2. The second kappa shape index (κ2) is 8.40. The molecule has 1 atom stereocenters. The molecule has 0 fully saturated rings. The predicted octanol–water partition coefficient (Wildman–Crippen LogP) is 5.32. The third-order valence-corrected chi connectivity index (χ3v) is 6.85. The van der Waals surface area contributed by atoms with Crippen molar-refractivity contribution in [1.82, 2.24) is 4.90 Å². The summed E-state index contributed by atoms with van der Waals surface area (Å²) in [5.41, 5.74) is -2.32. The van der Waals surface area contributed by atoms with Gasteiger partial charge in [-0.3, -0.25) is 19.8 Å². The van der Waals surface area contributed by atoms with E-state index in [1.165, 1.54) is 19.2 Å². The number of rotatable bonds is 5. The van der Waals surface area contributed by atoms with Gasteiger partial charge in [0.1, 0.15) is 11.6 Å². The standard InChI is InChI=1S/C23H17BrClFN2O5/c1-12-17(24)10-19(28(31)32)21-20(12)22(29)27(11-13-3-6-15(33-2)7-4-13)23(21,30)16-9-14(26)5-8-18(16)25/h3-10,30H,11H2,1-2H3.